The fourth-order valence-electron chi connectivity index (χ4n) is 5.64. The number of nitrogens with zero attached hydrogens (tertiary/aromatic N) is 3. The predicted molar refractivity (Wildman–Crippen MR) is 189 cm³/mol. The van der Waals surface area contributed by atoms with Gasteiger partial charge in [0.05, 0.1) is 35.6 Å². The van der Waals surface area contributed by atoms with E-state index in [1.807, 2.05) is 79.9 Å². The summed E-state index contributed by atoms with van der Waals surface area (Å²) < 4.78 is 10.3. The quantitative estimate of drug-likeness (QED) is 0.117. The van der Waals surface area contributed by atoms with Crippen molar-refractivity contribution in [2.45, 2.75) is 89.3 Å². The number of rotatable bonds is 17. The van der Waals surface area contributed by atoms with Crippen molar-refractivity contribution in [3.8, 4) is 0 Å². The van der Waals surface area contributed by atoms with Crippen LogP contribution in [0.1, 0.15) is 66.6 Å². The Hall–Kier alpha value is -4.75. The van der Waals surface area contributed by atoms with Gasteiger partial charge < -0.3 is 35.2 Å². The van der Waals surface area contributed by atoms with Gasteiger partial charge in [-0.15, -0.1) is 11.3 Å². The SMILES string of the molecule is CC(C)[C@H](NC(=O)N(C)Cc1csc(C2CC2)n1)C(=O)N[C@@H](Cc1ccccc1)C[C@H](O)[C@H](Cc1ccccc1)NC(=O)OCc1ccno1. The second kappa shape index (κ2) is 17.8. The number of amides is 4. The number of alkyl carbamates (subject to hydrolysis) is 1. The Kier molecular flexibility index (Phi) is 13.0. The van der Waals surface area contributed by atoms with Gasteiger partial charge in [0.15, 0.2) is 12.4 Å². The molecular formula is C37H46N6O6S. The molecular weight excluding hydrogens is 657 g/mol. The fraction of sp³-hybridized carbons (Fsp3) is 0.432. The normalized spacial score (nSPS) is 15.1. The highest BCUT2D eigenvalue weighted by Gasteiger charge is 2.31. The zero-order valence-corrected chi connectivity index (χ0v) is 29.5. The number of nitrogens with one attached hydrogen (secondary N) is 3. The van der Waals surface area contributed by atoms with Gasteiger partial charge in [0.1, 0.15) is 6.04 Å². The van der Waals surface area contributed by atoms with Gasteiger partial charge in [-0.3, -0.25) is 4.79 Å². The number of aromatic nitrogens is 2. The van der Waals surface area contributed by atoms with Gasteiger partial charge in [0.2, 0.25) is 5.91 Å². The molecule has 0 unspecified atom stereocenters. The highest BCUT2D eigenvalue weighted by atomic mass is 32.1. The topological polar surface area (TPSA) is 159 Å². The minimum Gasteiger partial charge on any atom is -0.441 e. The minimum absolute atomic E-state index is 0.116. The molecule has 4 atom stereocenters. The predicted octanol–water partition coefficient (Wildman–Crippen LogP) is 5.19. The Morgan fingerprint density at radius 3 is 2.28 bits per heavy atom. The molecule has 13 heteroatoms. The van der Waals surface area contributed by atoms with Crippen LogP contribution < -0.4 is 16.0 Å². The van der Waals surface area contributed by atoms with Crippen molar-refractivity contribution in [3.63, 3.8) is 0 Å². The van der Waals surface area contributed by atoms with Crippen molar-refractivity contribution < 1.29 is 28.8 Å². The van der Waals surface area contributed by atoms with Crippen LogP contribution in [0.2, 0.25) is 0 Å². The summed E-state index contributed by atoms with van der Waals surface area (Å²) in [6.45, 7) is 3.96. The molecule has 4 N–H and O–H groups in total. The molecule has 1 aliphatic rings. The minimum atomic E-state index is -1.07. The number of hydrogen-bond acceptors (Lipinski definition) is 9. The lowest BCUT2D eigenvalue weighted by Crippen LogP contribution is -2.55. The molecule has 1 saturated carbocycles. The Labute approximate surface area is 296 Å². The van der Waals surface area contributed by atoms with Crippen LogP contribution >= 0.6 is 11.3 Å². The van der Waals surface area contributed by atoms with Crippen LogP contribution in [0.3, 0.4) is 0 Å². The largest absolute Gasteiger partial charge is 0.441 e. The Morgan fingerprint density at radius 2 is 1.66 bits per heavy atom. The molecule has 0 radical (unpaired) electrons. The average molecular weight is 703 g/mol. The summed E-state index contributed by atoms with van der Waals surface area (Å²) in [7, 11) is 1.69. The molecule has 0 spiro atoms. The van der Waals surface area contributed by atoms with E-state index in [4.69, 9.17) is 9.26 Å². The number of ether oxygens (including phenoxy) is 1. The van der Waals surface area contributed by atoms with Crippen LogP contribution in [-0.2, 0) is 35.5 Å². The summed E-state index contributed by atoms with van der Waals surface area (Å²) in [4.78, 5) is 46.2. The first-order valence-corrected chi connectivity index (χ1v) is 17.9. The zero-order chi connectivity index (χ0) is 35.5. The van der Waals surface area contributed by atoms with Gasteiger partial charge in [0, 0.05) is 30.5 Å². The van der Waals surface area contributed by atoms with Crippen LogP contribution in [0.25, 0.3) is 0 Å². The highest BCUT2D eigenvalue weighted by molar-refractivity contribution is 7.09. The van der Waals surface area contributed by atoms with E-state index in [0.717, 1.165) is 34.7 Å². The molecule has 266 valence electrons. The maximum Gasteiger partial charge on any atom is 0.407 e. The van der Waals surface area contributed by atoms with E-state index in [0.29, 0.717) is 31.1 Å². The summed E-state index contributed by atoms with van der Waals surface area (Å²) in [6.07, 6.45) is 2.85. The molecule has 0 saturated heterocycles. The van der Waals surface area contributed by atoms with Crippen LogP contribution in [-0.4, -0.2) is 69.5 Å². The Morgan fingerprint density at radius 1 is 0.980 bits per heavy atom. The first-order chi connectivity index (χ1) is 24.1. The standard InChI is InChI=1S/C37H46N6O6S/c1-24(2)33(42-36(46)43(3)21-29-23-50-35(40-29)27-14-15-27)34(45)39-28(18-25-10-6-4-7-11-25)20-32(44)31(19-26-12-8-5-9-13-26)41-37(47)48-22-30-16-17-38-49-30/h4-13,16-17,23-24,27-28,31-33,44H,14-15,18-22H2,1-3H3,(H,39,45)(H,41,47)(H,42,46)/t28-,31-,32-,33-/m0/s1. The Balaban J connectivity index is 1.26. The first kappa shape index (κ1) is 36.5. The second-order valence-electron chi connectivity index (χ2n) is 13.2. The maximum atomic E-state index is 13.9. The van der Waals surface area contributed by atoms with Gasteiger partial charge in [-0.05, 0) is 49.1 Å². The second-order valence-corrected chi connectivity index (χ2v) is 14.1. The lowest BCUT2D eigenvalue weighted by atomic mass is 9.93. The number of carbonyl (C=O) groups excluding carboxylic acids is 3. The molecule has 0 bridgehead atoms. The molecule has 2 aromatic carbocycles. The number of aliphatic hydroxyl groups is 1. The van der Waals surface area contributed by atoms with Crippen LogP contribution in [0.4, 0.5) is 9.59 Å². The number of aliphatic hydroxyl groups excluding tert-OH is 1. The van der Waals surface area contributed by atoms with Crippen molar-refractivity contribution >= 4 is 29.4 Å². The molecule has 5 rings (SSSR count). The van der Waals surface area contributed by atoms with E-state index < -0.39 is 30.3 Å². The summed E-state index contributed by atoms with van der Waals surface area (Å²) >= 11 is 1.63. The summed E-state index contributed by atoms with van der Waals surface area (Å²) in [5.41, 5.74) is 2.70. The molecule has 12 nitrogen and oxygen atoms in total. The van der Waals surface area contributed by atoms with E-state index in [2.05, 4.69) is 26.1 Å². The number of thiazole rings is 1. The lowest BCUT2D eigenvalue weighted by molar-refractivity contribution is -0.124. The molecule has 4 aromatic rings. The van der Waals surface area contributed by atoms with Crippen LogP contribution in [0, 0.1) is 5.92 Å². The van der Waals surface area contributed by atoms with E-state index >= 15 is 0 Å². The highest BCUT2D eigenvalue weighted by Crippen LogP contribution is 2.41. The third kappa shape index (κ3) is 11.1. The van der Waals surface area contributed by atoms with E-state index in [1.165, 1.54) is 11.1 Å². The summed E-state index contributed by atoms with van der Waals surface area (Å²) in [5.74, 6) is 0.350. The van der Waals surface area contributed by atoms with Crippen molar-refractivity contribution in [3.05, 3.63) is 106 Å². The van der Waals surface area contributed by atoms with E-state index in [1.54, 1.807) is 24.5 Å². The molecule has 1 fully saturated rings. The summed E-state index contributed by atoms with van der Waals surface area (Å²) in [5, 5.41) is 27.2. The van der Waals surface area contributed by atoms with Crippen molar-refractivity contribution in [2.24, 2.45) is 5.92 Å². The Bertz CT molecular complexity index is 1650. The smallest absolute Gasteiger partial charge is 0.407 e. The van der Waals surface area contributed by atoms with Gasteiger partial charge in [0.25, 0.3) is 0 Å². The van der Waals surface area contributed by atoms with Crippen LogP contribution in [0.5, 0.6) is 0 Å². The van der Waals surface area contributed by atoms with Gasteiger partial charge in [-0.1, -0.05) is 79.7 Å². The molecule has 1 aliphatic carbocycles. The first-order valence-electron chi connectivity index (χ1n) is 17.0. The molecule has 4 amide bonds. The van der Waals surface area contributed by atoms with Gasteiger partial charge in [-0.2, -0.15) is 0 Å². The maximum absolute atomic E-state index is 13.9. The number of hydrogen-bond donors (Lipinski definition) is 4. The van der Waals surface area contributed by atoms with Crippen molar-refractivity contribution in [1.29, 1.82) is 0 Å². The van der Waals surface area contributed by atoms with Gasteiger partial charge >= 0.3 is 12.1 Å². The third-order valence-corrected chi connectivity index (χ3v) is 9.63. The monoisotopic (exact) mass is 702 g/mol. The number of urea groups is 1. The average Bonchev–Trinajstić information content (AvgIpc) is 3.61. The molecule has 50 heavy (non-hydrogen) atoms. The van der Waals surface area contributed by atoms with E-state index in [9.17, 15) is 19.5 Å². The lowest BCUT2D eigenvalue weighted by Gasteiger charge is -2.30. The number of carbonyl (C=O) groups is 3. The van der Waals surface area contributed by atoms with Crippen molar-refractivity contribution in [1.82, 2.24) is 31.0 Å². The number of benzene rings is 2. The van der Waals surface area contributed by atoms with Crippen LogP contribution in [0.15, 0.2) is 82.8 Å². The van der Waals surface area contributed by atoms with E-state index in [-0.39, 0.29) is 30.9 Å². The van der Waals surface area contributed by atoms with Crippen molar-refractivity contribution in [2.75, 3.05) is 7.05 Å². The molecule has 2 heterocycles. The molecule has 0 aliphatic heterocycles. The third-order valence-electron chi connectivity index (χ3n) is 8.57. The summed E-state index contributed by atoms with van der Waals surface area (Å²) in [6, 6.07) is 18.3. The zero-order valence-electron chi connectivity index (χ0n) is 28.7. The van der Waals surface area contributed by atoms with Gasteiger partial charge in [-0.25, -0.2) is 14.6 Å². The molecule has 2 aromatic heterocycles. The fourth-order valence-corrected chi connectivity index (χ4v) is 6.62.